The van der Waals surface area contributed by atoms with Gasteiger partial charge in [-0.15, -0.1) is 0 Å². The first kappa shape index (κ1) is 9.94. The standard InChI is InChI=1S/C7H15N5O/c1-4(2)5-10-6(8)12(9)7(11-5)13-3/h4,6H,8-9H2,1-3H3. The molecule has 0 spiro atoms. The Morgan fingerprint density at radius 2 is 2.15 bits per heavy atom. The van der Waals surface area contributed by atoms with Crippen molar-refractivity contribution < 1.29 is 4.74 Å². The van der Waals surface area contributed by atoms with E-state index in [2.05, 4.69) is 9.98 Å². The molecule has 0 saturated heterocycles. The highest BCUT2D eigenvalue weighted by atomic mass is 16.5. The number of ether oxygens (including phenoxy) is 1. The molecule has 1 rings (SSSR count). The van der Waals surface area contributed by atoms with Gasteiger partial charge in [0.05, 0.1) is 7.11 Å². The minimum absolute atomic E-state index is 0.213. The van der Waals surface area contributed by atoms with E-state index in [1.807, 2.05) is 13.8 Å². The van der Waals surface area contributed by atoms with Crippen LogP contribution in [0.3, 0.4) is 0 Å². The largest absolute Gasteiger partial charge is 0.467 e. The molecule has 0 saturated carbocycles. The average molecular weight is 185 g/mol. The third-order valence-corrected chi connectivity index (χ3v) is 1.68. The van der Waals surface area contributed by atoms with Gasteiger partial charge in [-0.05, 0) is 0 Å². The first-order valence-corrected chi connectivity index (χ1v) is 4.06. The predicted molar refractivity (Wildman–Crippen MR) is 50.7 cm³/mol. The third kappa shape index (κ3) is 1.96. The van der Waals surface area contributed by atoms with E-state index in [-0.39, 0.29) is 5.92 Å². The van der Waals surface area contributed by atoms with E-state index in [9.17, 15) is 0 Å². The number of amidine groups is 2. The van der Waals surface area contributed by atoms with Crippen molar-refractivity contribution in [2.45, 2.75) is 20.1 Å². The lowest BCUT2D eigenvalue weighted by atomic mass is 10.2. The van der Waals surface area contributed by atoms with E-state index in [0.29, 0.717) is 11.9 Å². The number of aliphatic imine (C=N–C) groups is 2. The Hall–Kier alpha value is -1.14. The predicted octanol–water partition coefficient (Wildman–Crippen LogP) is -0.525. The van der Waals surface area contributed by atoms with Gasteiger partial charge in [0.25, 0.3) is 0 Å². The van der Waals surface area contributed by atoms with Gasteiger partial charge in [0.15, 0.2) is 6.29 Å². The molecule has 1 atom stereocenters. The molecule has 1 aliphatic rings. The number of hydrogen-bond acceptors (Lipinski definition) is 6. The Kier molecular flexibility index (Phi) is 2.84. The monoisotopic (exact) mass is 185 g/mol. The summed E-state index contributed by atoms with van der Waals surface area (Å²) in [6.45, 7) is 3.96. The Morgan fingerprint density at radius 1 is 1.54 bits per heavy atom. The Balaban J connectivity index is 2.90. The van der Waals surface area contributed by atoms with Gasteiger partial charge in [-0.25, -0.2) is 15.8 Å². The van der Waals surface area contributed by atoms with E-state index in [1.165, 1.54) is 12.1 Å². The molecule has 1 aliphatic heterocycles. The van der Waals surface area contributed by atoms with Crippen LogP contribution >= 0.6 is 0 Å². The van der Waals surface area contributed by atoms with Gasteiger partial charge in [-0.2, -0.15) is 4.99 Å². The van der Waals surface area contributed by atoms with Crippen molar-refractivity contribution in [3.05, 3.63) is 0 Å². The highest BCUT2D eigenvalue weighted by molar-refractivity contribution is 5.96. The van der Waals surface area contributed by atoms with Crippen molar-refractivity contribution >= 4 is 11.9 Å². The van der Waals surface area contributed by atoms with Crippen LogP contribution in [0.25, 0.3) is 0 Å². The molecule has 13 heavy (non-hydrogen) atoms. The van der Waals surface area contributed by atoms with Crippen LogP contribution in [0.2, 0.25) is 0 Å². The van der Waals surface area contributed by atoms with Gasteiger partial charge < -0.3 is 4.74 Å². The summed E-state index contributed by atoms with van der Waals surface area (Å²) in [5.74, 6) is 6.41. The van der Waals surface area contributed by atoms with Crippen LogP contribution in [-0.4, -0.2) is 30.3 Å². The molecule has 0 aromatic carbocycles. The van der Waals surface area contributed by atoms with E-state index >= 15 is 0 Å². The quantitative estimate of drug-likeness (QED) is 0.538. The highest BCUT2D eigenvalue weighted by Gasteiger charge is 2.22. The molecular weight excluding hydrogens is 170 g/mol. The van der Waals surface area contributed by atoms with Crippen LogP contribution in [0.1, 0.15) is 13.8 Å². The van der Waals surface area contributed by atoms with Crippen molar-refractivity contribution in [3.8, 4) is 0 Å². The lowest BCUT2D eigenvalue weighted by molar-refractivity contribution is 0.236. The zero-order valence-corrected chi connectivity index (χ0v) is 8.06. The Labute approximate surface area is 77.2 Å². The van der Waals surface area contributed by atoms with Crippen molar-refractivity contribution in [3.63, 3.8) is 0 Å². The minimum Gasteiger partial charge on any atom is -0.467 e. The molecule has 0 aliphatic carbocycles. The third-order valence-electron chi connectivity index (χ3n) is 1.68. The average Bonchev–Trinajstić information content (AvgIpc) is 2.09. The first-order valence-electron chi connectivity index (χ1n) is 4.06. The second-order valence-corrected chi connectivity index (χ2v) is 3.06. The summed E-state index contributed by atoms with van der Waals surface area (Å²) in [4.78, 5) is 8.19. The fourth-order valence-electron chi connectivity index (χ4n) is 0.925. The number of hydrogen-bond donors (Lipinski definition) is 2. The normalized spacial score (nSPS) is 22.9. The molecule has 1 heterocycles. The lowest BCUT2D eigenvalue weighted by Gasteiger charge is -2.27. The highest BCUT2D eigenvalue weighted by Crippen LogP contribution is 2.08. The lowest BCUT2D eigenvalue weighted by Crippen LogP contribution is -2.53. The molecule has 0 aromatic rings. The fourth-order valence-corrected chi connectivity index (χ4v) is 0.925. The van der Waals surface area contributed by atoms with Gasteiger partial charge in [0, 0.05) is 5.92 Å². The van der Waals surface area contributed by atoms with Crippen molar-refractivity contribution in [1.29, 1.82) is 0 Å². The maximum Gasteiger partial charge on any atom is 0.311 e. The molecule has 0 aromatic heterocycles. The molecule has 6 nitrogen and oxygen atoms in total. The van der Waals surface area contributed by atoms with E-state index in [0.717, 1.165) is 0 Å². The summed E-state index contributed by atoms with van der Waals surface area (Å²) in [6, 6.07) is 0.297. The molecule has 0 bridgehead atoms. The van der Waals surface area contributed by atoms with Crippen LogP contribution in [-0.2, 0) is 4.74 Å². The summed E-state index contributed by atoms with van der Waals surface area (Å²) in [7, 11) is 1.49. The van der Waals surface area contributed by atoms with Gasteiger partial charge in [-0.3, -0.25) is 5.73 Å². The molecule has 6 heteroatoms. The van der Waals surface area contributed by atoms with Crippen molar-refractivity contribution in [2.75, 3.05) is 7.11 Å². The first-order chi connectivity index (χ1) is 6.06. The molecule has 0 fully saturated rings. The Morgan fingerprint density at radius 3 is 2.62 bits per heavy atom. The maximum atomic E-state index is 5.62. The molecule has 1 unspecified atom stereocenters. The zero-order chi connectivity index (χ0) is 10.0. The van der Waals surface area contributed by atoms with Gasteiger partial charge in [0.1, 0.15) is 5.84 Å². The zero-order valence-electron chi connectivity index (χ0n) is 8.06. The van der Waals surface area contributed by atoms with Crippen LogP contribution in [0.15, 0.2) is 9.98 Å². The maximum absolute atomic E-state index is 5.62. The summed E-state index contributed by atoms with van der Waals surface area (Å²) < 4.78 is 4.94. The topological polar surface area (TPSA) is 89.2 Å². The fraction of sp³-hybridized carbons (Fsp3) is 0.714. The summed E-state index contributed by atoms with van der Waals surface area (Å²) in [5, 5.41) is 1.19. The van der Waals surface area contributed by atoms with E-state index in [4.69, 9.17) is 16.3 Å². The second-order valence-electron chi connectivity index (χ2n) is 3.06. The molecular formula is C7H15N5O. The summed E-state index contributed by atoms with van der Waals surface area (Å²) in [5.41, 5.74) is 5.62. The molecule has 0 radical (unpaired) electrons. The van der Waals surface area contributed by atoms with Crippen LogP contribution in [0.5, 0.6) is 0 Å². The number of rotatable bonds is 1. The van der Waals surface area contributed by atoms with Gasteiger partial charge >= 0.3 is 6.02 Å². The Bertz CT molecular complexity index is 247. The second kappa shape index (κ2) is 3.71. The summed E-state index contributed by atoms with van der Waals surface area (Å²) in [6.07, 6.45) is -0.607. The summed E-state index contributed by atoms with van der Waals surface area (Å²) >= 11 is 0. The number of methoxy groups -OCH3 is 1. The van der Waals surface area contributed by atoms with E-state index in [1.54, 1.807) is 0 Å². The number of nitrogens with zero attached hydrogens (tertiary/aromatic N) is 3. The van der Waals surface area contributed by atoms with Crippen LogP contribution < -0.4 is 11.6 Å². The smallest absolute Gasteiger partial charge is 0.311 e. The van der Waals surface area contributed by atoms with Crippen LogP contribution in [0, 0.1) is 5.92 Å². The van der Waals surface area contributed by atoms with Crippen molar-refractivity contribution in [1.82, 2.24) is 5.01 Å². The van der Waals surface area contributed by atoms with Gasteiger partial charge in [-0.1, -0.05) is 13.8 Å². The van der Waals surface area contributed by atoms with E-state index < -0.39 is 6.29 Å². The number of hydrazine groups is 1. The van der Waals surface area contributed by atoms with Crippen LogP contribution in [0.4, 0.5) is 0 Å². The SMILES string of the molecule is COC1=NC(C(C)C)=NC(N)N1N. The minimum atomic E-state index is -0.607. The number of nitrogens with two attached hydrogens (primary N) is 2. The molecule has 4 N–H and O–H groups in total. The molecule has 74 valence electrons. The van der Waals surface area contributed by atoms with Crippen molar-refractivity contribution in [2.24, 2.45) is 27.5 Å². The molecule has 0 amide bonds. The van der Waals surface area contributed by atoms with Gasteiger partial charge in [0.2, 0.25) is 0 Å².